The molecule has 3 rings (SSSR count). The van der Waals surface area contributed by atoms with E-state index in [2.05, 4.69) is 5.32 Å². The number of nitrogens with one attached hydrogen (secondary N) is 1. The van der Waals surface area contributed by atoms with Gasteiger partial charge in [-0.25, -0.2) is 4.79 Å². The summed E-state index contributed by atoms with van der Waals surface area (Å²) in [4.78, 5) is 48.7. The molecule has 8 nitrogen and oxygen atoms in total. The van der Waals surface area contributed by atoms with Crippen molar-refractivity contribution in [1.29, 1.82) is 0 Å². The van der Waals surface area contributed by atoms with Gasteiger partial charge in [-0.05, 0) is 69.4 Å². The maximum absolute atomic E-state index is 12.3. The van der Waals surface area contributed by atoms with E-state index >= 15 is 0 Å². The SMILES string of the molecule is CC(=O)c1ccc(OC(C)C(=O)OCC(=O)Nc2sc3c(c2C(N)=O)CCCC3)cc1. The molecule has 0 fully saturated rings. The van der Waals surface area contributed by atoms with E-state index in [4.69, 9.17) is 15.2 Å². The van der Waals surface area contributed by atoms with Gasteiger partial charge in [0, 0.05) is 10.4 Å². The number of primary amides is 1. The highest BCUT2D eigenvalue weighted by atomic mass is 32.1. The Kier molecular flexibility index (Phi) is 7.06. The Hall–Kier alpha value is -3.20. The first kappa shape index (κ1) is 22.5. The molecule has 1 atom stereocenters. The zero-order valence-electron chi connectivity index (χ0n) is 17.4. The predicted molar refractivity (Wildman–Crippen MR) is 116 cm³/mol. The fraction of sp³-hybridized carbons (Fsp3) is 0.364. The van der Waals surface area contributed by atoms with Crippen LogP contribution in [0.1, 0.15) is 57.8 Å². The van der Waals surface area contributed by atoms with Gasteiger partial charge in [0.25, 0.3) is 11.8 Å². The second-order valence-corrected chi connectivity index (χ2v) is 8.38. The van der Waals surface area contributed by atoms with Crippen LogP contribution in [-0.4, -0.2) is 36.3 Å². The molecule has 164 valence electrons. The monoisotopic (exact) mass is 444 g/mol. The topological polar surface area (TPSA) is 125 Å². The molecule has 9 heteroatoms. The van der Waals surface area contributed by atoms with Crippen LogP contribution in [0.3, 0.4) is 0 Å². The Morgan fingerprint density at radius 3 is 2.45 bits per heavy atom. The van der Waals surface area contributed by atoms with Crippen molar-refractivity contribution in [1.82, 2.24) is 0 Å². The Labute approximate surface area is 183 Å². The number of benzene rings is 1. The number of hydrogen-bond acceptors (Lipinski definition) is 7. The molecular weight excluding hydrogens is 420 g/mol. The summed E-state index contributed by atoms with van der Waals surface area (Å²) in [5.74, 6) is -1.53. The first-order chi connectivity index (χ1) is 14.8. The largest absolute Gasteiger partial charge is 0.479 e. The average molecular weight is 445 g/mol. The molecule has 1 aromatic carbocycles. The minimum absolute atomic E-state index is 0.0730. The summed E-state index contributed by atoms with van der Waals surface area (Å²) >= 11 is 1.34. The number of carbonyl (C=O) groups is 4. The zero-order valence-corrected chi connectivity index (χ0v) is 18.2. The van der Waals surface area contributed by atoms with Crippen molar-refractivity contribution in [2.75, 3.05) is 11.9 Å². The van der Waals surface area contributed by atoms with Crippen LogP contribution in [0.5, 0.6) is 5.75 Å². The lowest BCUT2D eigenvalue weighted by Crippen LogP contribution is -2.30. The predicted octanol–water partition coefficient (Wildman–Crippen LogP) is 2.88. The number of hydrogen-bond donors (Lipinski definition) is 2. The van der Waals surface area contributed by atoms with E-state index in [0.29, 0.717) is 21.9 Å². The average Bonchev–Trinajstić information content (AvgIpc) is 3.10. The van der Waals surface area contributed by atoms with Crippen LogP contribution in [0.4, 0.5) is 5.00 Å². The van der Waals surface area contributed by atoms with E-state index in [-0.39, 0.29) is 5.78 Å². The van der Waals surface area contributed by atoms with Crippen molar-refractivity contribution in [2.45, 2.75) is 45.6 Å². The highest BCUT2D eigenvalue weighted by molar-refractivity contribution is 7.17. The highest BCUT2D eigenvalue weighted by Crippen LogP contribution is 2.37. The number of esters is 1. The van der Waals surface area contributed by atoms with E-state index in [9.17, 15) is 19.2 Å². The van der Waals surface area contributed by atoms with Crippen LogP contribution in [-0.2, 0) is 27.2 Å². The molecule has 2 aromatic rings. The lowest BCUT2D eigenvalue weighted by Gasteiger charge is -2.14. The number of ketones is 1. The number of carbonyl (C=O) groups excluding carboxylic acids is 4. The molecule has 0 spiro atoms. The van der Waals surface area contributed by atoms with E-state index in [0.717, 1.165) is 36.1 Å². The van der Waals surface area contributed by atoms with Crippen LogP contribution in [0.2, 0.25) is 0 Å². The van der Waals surface area contributed by atoms with Gasteiger partial charge in [0.1, 0.15) is 10.8 Å². The Morgan fingerprint density at radius 2 is 1.81 bits per heavy atom. The van der Waals surface area contributed by atoms with Gasteiger partial charge in [0.15, 0.2) is 18.5 Å². The Morgan fingerprint density at radius 1 is 1.13 bits per heavy atom. The van der Waals surface area contributed by atoms with Crippen molar-refractivity contribution in [3.8, 4) is 5.75 Å². The number of aryl methyl sites for hydroxylation is 1. The Bertz CT molecular complexity index is 1010. The van der Waals surface area contributed by atoms with Crippen LogP contribution >= 0.6 is 11.3 Å². The van der Waals surface area contributed by atoms with Gasteiger partial charge in [-0.2, -0.15) is 0 Å². The number of fused-ring (bicyclic) bond motifs is 1. The van der Waals surface area contributed by atoms with Gasteiger partial charge in [-0.1, -0.05) is 0 Å². The summed E-state index contributed by atoms with van der Waals surface area (Å²) in [5.41, 5.74) is 7.31. The number of rotatable bonds is 8. The molecule has 0 saturated heterocycles. The standard InChI is InChI=1S/C22H24N2O6S/c1-12(25)14-7-9-15(10-8-14)30-13(2)22(28)29-11-18(26)24-21-19(20(23)27)16-5-3-4-6-17(16)31-21/h7-10,13H,3-6,11H2,1-2H3,(H2,23,27)(H,24,26). The van der Waals surface area contributed by atoms with Gasteiger partial charge in [0.2, 0.25) is 0 Å². The van der Waals surface area contributed by atoms with Gasteiger partial charge in [-0.15, -0.1) is 11.3 Å². The van der Waals surface area contributed by atoms with E-state index in [1.54, 1.807) is 24.3 Å². The van der Waals surface area contributed by atoms with Crippen LogP contribution in [0, 0.1) is 0 Å². The third-order valence-corrected chi connectivity index (χ3v) is 6.13. The van der Waals surface area contributed by atoms with Crippen LogP contribution in [0.25, 0.3) is 0 Å². The van der Waals surface area contributed by atoms with Gasteiger partial charge in [-0.3, -0.25) is 14.4 Å². The van der Waals surface area contributed by atoms with Gasteiger partial charge < -0.3 is 20.5 Å². The van der Waals surface area contributed by atoms with Crippen LogP contribution in [0.15, 0.2) is 24.3 Å². The third-order valence-electron chi connectivity index (χ3n) is 4.92. The molecule has 31 heavy (non-hydrogen) atoms. The van der Waals surface area contributed by atoms with Gasteiger partial charge in [0.05, 0.1) is 5.56 Å². The number of thiophene rings is 1. The maximum atomic E-state index is 12.3. The maximum Gasteiger partial charge on any atom is 0.347 e. The fourth-order valence-electron chi connectivity index (χ4n) is 3.35. The third kappa shape index (κ3) is 5.49. The van der Waals surface area contributed by atoms with Crippen molar-refractivity contribution in [3.63, 3.8) is 0 Å². The van der Waals surface area contributed by atoms with Crippen molar-refractivity contribution in [2.24, 2.45) is 5.73 Å². The summed E-state index contributed by atoms with van der Waals surface area (Å²) in [6.07, 6.45) is 2.67. The smallest absolute Gasteiger partial charge is 0.347 e. The molecule has 1 heterocycles. The number of anilines is 1. The minimum Gasteiger partial charge on any atom is -0.479 e. The molecule has 3 N–H and O–H groups in total. The lowest BCUT2D eigenvalue weighted by atomic mass is 9.95. The zero-order chi connectivity index (χ0) is 22.5. The summed E-state index contributed by atoms with van der Waals surface area (Å²) in [6.45, 7) is 2.44. The summed E-state index contributed by atoms with van der Waals surface area (Å²) < 4.78 is 10.5. The van der Waals surface area contributed by atoms with E-state index in [1.165, 1.54) is 25.2 Å². The molecule has 2 amide bonds. The highest BCUT2D eigenvalue weighted by Gasteiger charge is 2.25. The number of nitrogens with two attached hydrogens (primary N) is 1. The molecule has 0 aliphatic heterocycles. The van der Waals surface area contributed by atoms with Crippen molar-refractivity contribution < 1.29 is 28.7 Å². The quantitative estimate of drug-likeness (QED) is 0.476. The number of ether oxygens (including phenoxy) is 2. The Balaban J connectivity index is 1.54. The lowest BCUT2D eigenvalue weighted by molar-refractivity contribution is -0.153. The fourth-order valence-corrected chi connectivity index (χ4v) is 4.66. The van der Waals surface area contributed by atoms with Gasteiger partial charge >= 0.3 is 5.97 Å². The summed E-state index contributed by atoms with van der Waals surface area (Å²) in [7, 11) is 0. The van der Waals surface area contributed by atoms with E-state index in [1.807, 2.05) is 0 Å². The molecule has 1 aromatic heterocycles. The summed E-state index contributed by atoms with van der Waals surface area (Å²) in [5, 5.41) is 3.04. The van der Waals surface area contributed by atoms with Crippen LogP contribution < -0.4 is 15.8 Å². The minimum atomic E-state index is -0.953. The molecule has 1 unspecified atom stereocenters. The molecule has 1 aliphatic rings. The second kappa shape index (κ2) is 9.74. The molecule has 0 bridgehead atoms. The van der Waals surface area contributed by atoms with Crippen molar-refractivity contribution >= 4 is 39.9 Å². The van der Waals surface area contributed by atoms with Crippen molar-refractivity contribution in [3.05, 3.63) is 45.8 Å². The summed E-state index contributed by atoms with van der Waals surface area (Å²) in [6, 6.07) is 6.36. The first-order valence-electron chi connectivity index (χ1n) is 9.94. The molecule has 0 radical (unpaired) electrons. The molecule has 0 saturated carbocycles. The number of amides is 2. The molecule has 1 aliphatic carbocycles. The molecular formula is C22H24N2O6S. The first-order valence-corrected chi connectivity index (χ1v) is 10.8. The number of Topliss-reactive ketones (excluding diaryl/α,β-unsaturated/α-hetero) is 1. The second-order valence-electron chi connectivity index (χ2n) is 7.28. The normalized spacial score (nSPS) is 13.6. The van der Waals surface area contributed by atoms with E-state index < -0.39 is 30.5 Å².